The fraction of sp³-hybridized carbons (Fsp3) is 0.0526. The van der Waals surface area contributed by atoms with Gasteiger partial charge < -0.3 is 9.15 Å². The van der Waals surface area contributed by atoms with Gasteiger partial charge in [0.05, 0.1) is 11.1 Å². The molecule has 0 fully saturated rings. The molecule has 3 aromatic rings. The number of non-ortho nitro benzene ring substituents is 1. The molecule has 0 saturated heterocycles. The molecule has 1 aromatic heterocycles. The lowest BCUT2D eigenvalue weighted by molar-refractivity contribution is -0.384. The number of furan rings is 1. The van der Waals surface area contributed by atoms with Gasteiger partial charge >= 0.3 is 0 Å². The quantitative estimate of drug-likeness (QED) is 0.332. The van der Waals surface area contributed by atoms with Crippen LogP contribution < -0.4 is 10.2 Å². The molecule has 0 aliphatic heterocycles. The molecule has 0 saturated carbocycles. The third-order valence-corrected chi connectivity index (χ3v) is 4.05. The topological polar surface area (TPSA) is 107 Å². The van der Waals surface area contributed by atoms with Gasteiger partial charge in [-0.1, -0.05) is 22.0 Å². The first kappa shape index (κ1) is 19.3. The van der Waals surface area contributed by atoms with Gasteiger partial charge in [0.25, 0.3) is 11.6 Å². The normalized spacial score (nSPS) is 10.8. The average Bonchev–Trinajstić information content (AvgIpc) is 3.14. The smallest absolute Gasteiger partial charge is 0.271 e. The molecule has 0 spiro atoms. The largest absolute Gasteiger partial charge is 0.486 e. The number of nitrogens with one attached hydrogen (secondary N) is 1. The summed E-state index contributed by atoms with van der Waals surface area (Å²) in [5.41, 5.74) is 2.89. The highest BCUT2D eigenvalue weighted by molar-refractivity contribution is 9.10. The van der Waals surface area contributed by atoms with Crippen LogP contribution in [-0.2, 0) is 6.61 Å². The number of carbonyl (C=O) groups is 1. The van der Waals surface area contributed by atoms with Crippen molar-refractivity contribution in [1.29, 1.82) is 0 Å². The van der Waals surface area contributed by atoms with Gasteiger partial charge in [-0.15, -0.1) is 0 Å². The van der Waals surface area contributed by atoms with Crippen molar-refractivity contribution in [3.8, 4) is 5.75 Å². The second-order valence-corrected chi connectivity index (χ2v) is 6.47. The van der Waals surface area contributed by atoms with Gasteiger partial charge in [0, 0.05) is 22.2 Å². The third kappa shape index (κ3) is 5.27. The highest BCUT2D eigenvalue weighted by Gasteiger charge is 2.07. The van der Waals surface area contributed by atoms with Gasteiger partial charge in [-0.3, -0.25) is 14.9 Å². The Bertz CT molecular complexity index is 1010. The molecule has 0 radical (unpaired) electrons. The number of rotatable bonds is 7. The van der Waals surface area contributed by atoms with E-state index in [1.807, 2.05) is 6.07 Å². The summed E-state index contributed by atoms with van der Waals surface area (Å²) in [6, 6.07) is 16.1. The van der Waals surface area contributed by atoms with Gasteiger partial charge in [0.1, 0.15) is 23.9 Å². The zero-order valence-electron chi connectivity index (χ0n) is 14.4. The van der Waals surface area contributed by atoms with Gasteiger partial charge in [0.15, 0.2) is 0 Å². The molecule has 3 rings (SSSR count). The van der Waals surface area contributed by atoms with Gasteiger partial charge in [-0.2, -0.15) is 5.10 Å². The number of nitro benzene ring substituents is 1. The molecular weight excluding hydrogens is 430 g/mol. The van der Waals surface area contributed by atoms with Gasteiger partial charge in [0.2, 0.25) is 0 Å². The Balaban J connectivity index is 1.51. The number of nitro groups is 1. The fourth-order valence-corrected chi connectivity index (χ4v) is 2.61. The van der Waals surface area contributed by atoms with Crippen LogP contribution >= 0.6 is 15.9 Å². The number of benzene rings is 2. The van der Waals surface area contributed by atoms with Crippen LogP contribution in [-0.4, -0.2) is 17.0 Å². The predicted molar refractivity (Wildman–Crippen MR) is 105 cm³/mol. The summed E-state index contributed by atoms with van der Waals surface area (Å²) in [6.07, 6.45) is 1.38. The van der Waals surface area contributed by atoms with Crippen LogP contribution in [0.1, 0.15) is 21.9 Å². The molecule has 0 bridgehead atoms. The van der Waals surface area contributed by atoms with E-state index in [-0.39, 0.29) is 18.2 Å². The van der Waals surface area contributed by atoms with Gasteiger partial charge in [-0.05, 0) is 42.5 Å². The van der Waals surface area contributed by atoms with Crippen LogP contribution in [0, 0.1) is 10.1 Å². The van der Waals surface area contributed by atoms with E-state index < -0.39 is 4.92 Å². The van der Waals surface area contributed by atoms with Crippen LogP contribution in [0.2, 0.25) is 0 Å². The molecule has 0 unspecified atom stereocenters. The monoisotopic (exact) mass is 443 g/mol. The van der Waals surface area contributed by atoms with E-state index in [1.54, 1.807) is 30.3 Å². The number of ether oxygens (including phenoxy) is 1. The van der Waals surface area contributed by atoms with Crippen LogP contribution in [0.4, 0.5) is 5.69 Å². The Morgan fingerprint density at radius 2 is 2.00 bits per heavy atom. The van der Waals surface area contributed by atoms with Crippen molar-refractivity contribution in [3.05, 3.63) is 92.3 Å². The maximum absolute atomic E-state index is 12.0. The number of hydrazone groups is 1. The van der Waals surface area contributed by atoms with Crippen molar-refractivity contribution in [3.63, 3.8) is 0 Å². The number of hydrogen-bond acceptors (Lipinski definition) is 6. The second kappa shape index (κ2) is 8.96. The SMILES string of the molecule is O=C(N/N=C/c1ccc(COc2ccc([N+](=O)[O-])cc2)o1)c1cccc(Br)c1. The lowest BCUT2D eigenvalue weighted by atomic mass is 10.2. The molecule has 1 N–H and O–H groups in total. The van der Waals surface area contributed by atoms with E-state index in [0.717, 1.165) is 4.47 Å². The van der Waals surface area contributed by atoms with Crippen molar-refractivity contribution < 1.29 is 18.9 Å². The fourth-order valence-electron chi connectivity index (χ4n) is 2.21. The molecule has 9 heteroatoms. The van der Waals surface area contributed by atoms with E-state index in [1.165, 1.54) is 30.5 Å². The van der Waals surface area contributed by atoms with Crippen LogP contribution in [0.5, 0.6) is 5.75 Å². The molecule has 1 heterocycles. The molecule has 142 valence electrons. The molecule has 28 heavy (non-hydrogen) atoms. The third-order valence-electron chi connectivity index (χ3n) is 3.56. The molecule has 0 atom stereocenters. The maximum atomic E-state index is 12.0. The summed E-state index contributed by atoms with van der Waals surface area (Å²) in [7, 11) is 0. The lowest BCUT2D eigenvalue weighted by Gasteiger charge is -2.03. The Kier molecular flexibility index (Phi) is 6.18. The highest BCUT2D eigenvalue weighted by atomic mass is 79.9. The van der Waals surface area contributed by atoms with Crippen LogP contribution in [0.25, 0.3) is 0 Å². The van der Waals surface area contributed by atoms with Crippen molar-refractivity contribution in [2.24, 2.45) is 5.10 Å². The van der Waals surface area contributed by atoms with Crippen LogP contribution in [0.15, 0.2) is 74.7 Å². The highest BCUT2D eigenvalue weighted by Crippen LogP contribution is 2.19. The van der Waals surface area contributed by atoms with E-state index in [2.05, 4.69) is 26.5 Å². The minimum Gasteiger partial charge on any atom is -0.486 e. The molecular formula is C19H14BrN3O5. The molecule has 1 amide bonds. The lowest BCUT2D eigenvalue weighted by Crippen LogP contribution is -2.17. The van der Waals surface area contributed by atoms with Crippen molar-refractivity contribution in [1.82, 2.24) is 5.43 Å². The zero-order chi connectivity index (χ0) is 19.9. The number of hydrogen-bond donors (Lipinski definition) is 1. The predicted octanol–water partition coefficient (Wildman–Crippen LogP) is 4.29. The first-order valence-electron chi connectivity index (χ1n) is 8.06. The molecule has 0 aliphatic carbocycles. The maximum Gasteiger partial charge on any atom is 0.271 e. The molecule has 8 nitrogen and oxygen atoms in total. The summed E-state index contributed by atoms with van der Waals surface area (Å²) in [5, 5.41) is 14.5. The number of carbonyl (C=O) groups excluding carboxylic acids is 1. The van der Waals surface area contributed by atoms with E-state index in [0.29, 0.717) is 22.8 Å². The van der Waals surface area contributed by atoms with E-state index in [9.17, 15) is 14.9 Å². The van der Waals surface area contributed by atoms with Crippen molar-refractivity contribution >= 4 is 33.7 Å². The summed E-state index contributed by atoms with van der Waals surface area (Å²) < 4.78 is 11.8. The van der Waals surface area contributed by atoms with E-state index in [4.69, 9.17) is 9.15 Å². The van der Waals surface area contributed by atoms with Crippen LogP contribution in [0.3, 0.4) is 0 Å². The molecule has 0 aliphatic rings. The first-order chi connectivity index (χ1) is 13.5. The number of amides is 1. The Hall–Kier alpha value is -3.46. The van der Waals surface area contributed by atoms with E-state index >= 15 is 0 Å². The minimum absolute atomic E-state index is 0.00578. The minimum atomic E-state index is -0.475. The summed E-state index contributed by atoms with van der Waals surface area (Å²) in [4.78, 5) is 22.1. The zero-order valence-corrected chi connectivity index (χ0v) is 16.0. The second-order valence-electron chi connectivity index (χ2n) is 5.55. The first-order valence-corrected chi connectivity index (χ1v) is 8.85. The number of nitrogens with zero attached hydrogens (tertiary/aromatic N) is 2. The average molecular weight is 444 g/mol. The molecule has 2 aromatic carbocycles. The summed E-state index contributed by atoms with van der Waals surface area (Å²) >= 11 is 3.30. The standard InChI is InChI=1S/C19H14BrN3O5/c20-14-3-1-2-13(10-14)19(24)22-21-11-17-8-9-18(28-17)12-27-16-6-4-15(5-7-16)23(25)26/h1-11H,12H2,(H,22,24)/b21-11+. The Morgan fingerprint density at radius 3 is 2.71 bits per heavy atom. The van der Waals surface area contributed by atoms with Crippen molar-refractivity contribution in [2.75, 3.05) is 0 Å². The van der Waals surface area contributed by atoms with Crippen molar-refractivity contribution in [2.45, 2.75) is 6.61 Å². The Morgan fingerprint density at radius 1 is 1.21 bits per heavy atom. The Labute approximate surface area is 168 Å². The summed E-state index contributed by atoms with van der Waals surface area (Å²) in [5.74, 6) is 1.12. The number of halogens is 1. The summed E-state index contributed by atoms with van der Waals surface area (Å²) in [6.45, 7) is 0.149. The van der Waals surface area contributed by atoms with Gasteiger partial charge in [-0.25, -0.2) is 5.43 Å².